The first kappa shape index (κ1) is 14.9. The number of hydrogen-bond acceptors (Lipinski definition) is 4. The molecule has 1 fully saturated rings. The molecule has 1 aliphatic heterocycles. The molecule has 7 heteroatoms. The minimum atomic E-state index is -0.518. The number of amides is 1. The fourth-order valence-electron chi connectivity index (χ4n) is 1.90. The van der Waals surface area contributed by atoms with Gasteiger partial charge in [0.2, 0.25) is 5.91 Å². The Morgan fingerprint density at radius 2 is 2.15 bits per heavy atom. The third kappa shape index (κ3) is 3.98. The number of thioether (sulfide) groups is 1. The molecule has 5 nitrogen and oxygen atoms in total. The Morgan fingerprint density at radius 3 is 2.80 bits per heavy atom. The Morgan fingerprint density at radius 1 is 1.45 bits per heavy atom. The summed E-state index contributed by atoms with van der Waals surface area (Å²) in [5, 5.41) is 11.6. The first-order chi connectivity index (χ1) is 9.56. The van der Waals surface area contributed by atoms with Gasteiger partial charge in [-0.05, 0) is 24.1 Å². The highest BCUT2D eigenvalue weighted by Crippen LogP contribution is 2.27. The normalized spacial score (nSPS) is 17.2. The lowest BCUT2D eigenvalue weighted by molar-refractivity contribution is -0.403. The van der Waals surface area contributed by atoms with Gasteiger partial charge in [0.05, 0.1) is 11.3 Å². The number of nitro groups is 1. The van der Waals surface area contributed by atoms with Crippen LogP contribution in [0.25, 0.3) is 0 Å². The van der Waals surface area contributed by atoms with E-state index in [1.54, 1.807) is 24.3 Å². The van der Waals surface area contributed by atoms with Crippen molar-refractivity contribution in [1.29, 1.82) is 0 Å². The van der Waals surface area contributed by atoms with Crippen LogP contribution in [0.3, 0.4) is 0 Å². The van der Waals surface area contributed by atoms with Crippen molar-refractivity contribution in [2.24, 2.45) is 0 Å². The van der Waals surface area contributed by atoms with Gasteiger partial charge >= 0.3 is 0 Å². The van der Waals surface area contributed by atoms with E-state index in [4.69, 9.17) is 11.6 Å². The van der Waals surface area contributed by atoms with Crippen LogP contribution in [0.2, 0.25) is 5.02 Å². The summed E-state index contributed by atoms with van der Waals surface area (Å²) in [7, 11) is 0. The zero-order valence-corrected chi connectivity index (χ0v) is 12.2. The van der Waals surface area contributed by atoms with Crippen molar-refractivity contribution in [1.82, 2.24) is 4.90 Å². The highest BCUT2D eigenvalue weighted by Gasteiger charge is 2.24. The van der Waals surface area contributed by atoms with E-state index in [1.165, 1.54) is 16.7 Å². The molecule has 1 saturated heterocycles. The molecule has 0 saturated carbocycles. The van der Waals surface area contributed by atoms with Crippen molar-refractivity contribution in [3.05, 3.63) is 56.2 Å². The number of halogens is 1. The van der Waals surface area contributed by atoms with Crippen molar-refractivity contribution in [2.75, 3.05) is 12.3 Å². The van der Waals surface area contributed by atoms with Crippen LogP contribution in [0.1, 0.15) is 12.0 Å². The number of rotatable bonds is 3. The van der Waals surface area contributed by atoms with Gasteiger partial charge < -0.3 is 4.90 Å². The Bertz CT molecular complexity index is 545. The van der Waals surface area contributed by atoms with Gasteiger partial charge in [-0.1, -0.05) is 23.7 Å². The van der Waals surface area contributed by atoms with Crippen LogP contribution in [0.15, 0.2) is 35.5 Å². The van der Waals surface area contributed by atoms with Crippen LogP contribution in [0, 0.1) is 10.1 Å². The smallest absolute Gasteiger partial charge is 0.264 e. The maximum absolute atomic E-state index is 12.3. The van der Waals surface area contributed by atoms with Gasteiger partial charge in [0.25, 0.3) is 6.20 Å². The van der Waals surface area contributed by atoms with E-state index in [0.717, 1.165) is 23.9 Å². The van der Waals surface area contributed by atoms with E-state index in [2.05, 4.69) is 0 Å². The third-order valence-electron chi connectivity index (χ3n) is 2.83. The molecule has 0 N–H and O–H groups in total. The molecule has 2 rings (SSSR count). The lowest BCUT2D eigenvalue weighted by Crippen LogP contribution is -2.34. The first-order valence-electron chi connectivity index (χ1n) is 6.09. The average Bonchev–Trinajstić information content (AvgIpc) is 2.41. The van der Waals surface area contributed by atoms with Gasteiger partial charge in [-0.3, -0.25) is 14.9 Å². The van der Waals surface area contributed by atoms with E-state index in [0.29, 0.717) is 16.6 Å². The van der Waals surface area contributed by atoms with E-state index < -0.39 is 4.92 Å². The molecule has 0 atom stereocenters. The molecular formula is C13H13ClN2O3S. The van der Waals surface area contributed by atoms with E-state index in [1.807, 2.05) is 0 Å². The van der Waals surface area contributed by atoms with E-state index in [9.17, 15) is 14.9 Å². The van der Waals surface area contributed by atoms with Crippen molar-refractivity contribution in [2.45, 2.75) is 12.8 Å². The number of carbonyl (C=O) groups is 1. The third-order valence-corrected chi connectivity index (χ3v) is 4.19. The minimum Gasteiger partial charge on any atom is -0.301 e. The quantitative estimate of drug-likeness (QED) is 0.636. The Labute approximate surface area is 125 Å². The molecular weight excluding hydrogens is 300 g/mol. The number of hydrogen-bond donors (Lipinski definition) is 0. The standard InChI is InChI=1S/C13H13ClN2O3S/c14-11-4-2-10(3-5-11)8-12(17)15-6-1-7-20-13(15)9-16(18)19/h2-5,9H,1,6-8H2. The van der Waals surface area contributed by atoms with Gasteiger partial charge in [-0.2, -0.15) is 0 Å². The molecule has 0 aromatic heterocycles. The first-order valence-corrected chi connectivity index (χ1v) is 7.45. The highest BCUT2D eigenvalue weighted by atomic mass is 35.5. The molecule has 1 aromatic carbocycles. The molecule has 106 valence electrons. The summed E-state index contributed by atoms with van der Waals surface area (Å²) in [6.45, 7) is 0.527. The zero-order chi connectivity index (χ0) is 14.5. The monoisotopic (exact) mass is 312 g/mol. The van der Waals surface area contributed by atoms with Gasteiger partial charge in [-0.25, -0.2) is 0 Å². The molecule has 0 bridgehead atoms. The minimum absolute atomic E-state index is 0.132. The lowest BCUT2D eigenvalue weighted by atomic mass is 10.1. The fourth-order valence-corrected chi connectivity index (χ4v) is 3.02. The Balaban J connectivity index is 2.10. The zero-order valence-electron chi connectivity index (χ0n) is 10.6. The topological polar surface area (TPSA) is 63.5 Å². The number of benzene rings is 1. The molecule has 0 radical (unpaired) electrons. The van der Waals surface area contributed by atoms with E-state index in [-0.39, 0.29) is 12.3 Å². The number of carbonyl (C=O) groups excluding carboxylic acids is 1. The molecule has 20 heavy (non-hydrogen) atoms. The molecule has 1 amide bonds. The van der Waals surface area contributed by atoms with Crippen molar-refractivity contribution in [3.8, 4) is 0 Å². The van der Waals surface area contributed by atoms with Crippen LogP contribution < -0.4 is 0 Å². The predicted molar refractivity (Wildman–Crippen MR) is 79.0 cm³/mol. The summed E-state index contributed by atoms with van der Waals surface area (Å²) in [6.07, 6.45) is 1.96. The summed E-state index contributed by atoms with van der Waals surface area (Å²) in [5.74, 6) is 0.664. The highest BCUT2D eigenvalue weighted by molar-refractivity contribution is 8.03. The maximum atomic E-state index is 12.3. The van der Waals surface area contributed by atoms with Crippen LogP contribution in [0.4, 0.5) is 0 Å². The van der Waals surface area contributed by atoms with Crippen LogP contribution in [-0.2, 0) is 11.2 Å². The number of nitrogens with zero attached hydrogens (tertiary/aromatic N) is 2. The average molecular weight is 313 g/mol. The fraction of sp³-hybridized carbons (Fsp3) is 0.308. The van der Waals surface area contributed by atoms with Gasteiger partial charge in [-0.15, -0.1) is 11.8 Å². The van der Waals surface area contributed by atoms with Crippen LogP contribution >= 0.6 is 23.4 Å². The SMILES string of the molecule is O=C(Cc1ccc(Cl)cc1)N1CCCSC1=C[N+](=O)[O-]. The molecule has 1 aliphatic rings. The molecule has 1 heterocycles. The molecule has 1 aromatic rings. The maximum Gasteiger partial charge on any atom is 0.264 e. The largest absolute Gasteiger partial charge is 0.301 e. The van der Waals surface area contributed by atoms with Gasteiger partial charge in [0.15, 0.2) is 0 Å². The van der Waals surface area contributed by atoms with Gasteiger partial charge in [0, 0.05) is 17.3 Å². The van der Waals surface area contributed by atoms with Gasteiger partial charge in [0.1, 0.15) is 5.03 Å². The second kappa shape index (κ2) is 6.76. The van der Waals surface area contributed by atoms with Crippen molar-refractivity contribution in [3.63, 3.8) is 0 Å². The van der Waals surface area contributed by atoms with Crippen molar-refractivity contribution < 1.29 is 9.72 Å². The van der Waals surface area contributed by atoms with Crippen molar-refractivity contribution >= 4 is 29.3 Å². The Hall–Kier alpha value is -1.53. The summed E-state index contributed by atoms with van der Waals surface area (Å²) < 4.78 is 0. The van der Waals surface area contributed by atoms with Crippen LogP contribution in [-0.4, -0.2) is 28.0 Å². The summed E-state index contributed by atoms with van der Waals surface area (Å²) in [6, 6.07) is 7.02. The van der Waals surface area contributed by atoms with Crippen LogP contribution in [0.5, 0.6) is 0 Å². The molecule has 0 spiro atoms. The Kier molecular flexibility index (Phi) is 5.03. The van der Waals surface area contributed by atoms with E-state index >= 15 is 0 Å². The summed E-state index contributed by atoms with van der Waals surface area (Å²) >= 11 is 7.14. The second-order valence-electron chi connectivity index (χ2n) is 4.30. The lowest BCUT2D eigenvalue weighted by Gasteiger charge is -2.27. The molecule has 0 aliphatic carbocycles. The summed E-state index contributed by atoms with van der Waals surface area (Å²) in [5.41, 5.74) is 0.843. The summed E-state index contributed by atoms with van der Waals surface area (Å²) in [4.78, 5) is 23.8. The predicted octanol–water partition coefficient (Wildman–Crippen LogP) is 2.92. The second-order valence-corrected chi connectivity index (χ2v) is 5.85. The molecule has 0 unspecified atom stereocenters.